The van der Waals surface area contributed by atoms with Crippen molar-refractivity contribution < 1.29 is 14.3 Å². The molecule has 2 unspecified atom stereocenters. The summed E-state index contributed by atoms with van der Waals surface area (Å²) in [7, 11) is 2.96. The van der Waals surface area contributed by atoms with Gasteiger partial charge >= 0.3 is 5.97 Å². The van der Waals surface area contributed by atoms with Crippen LogP contribution in [0, 0.1) is 5.92 Å². The van der Waals surface area contributed by atoms with E-state index in [2.05, 4.69) is 17.2 Å². The van der Waals surface area contributed by atoms with Crippen LogP contribution in [0.2, 0.25) is 0 Å². The molecule has 2 rings (SSSR count). The van der Waals surface area contributed by atoms with Crippen LogP contribution in [0.25, 0.3) is 0 Å². The summed E-state index contributed by atoms with van der Waals surface area (Å²) in [5.41, 5.74) is 0.995. The Morgan fingerprint density at radius 1 is 1.40 bits per heavy atom. The lowest BCUT2D eigenvalue weighted by Gasteiger charge is -2.29. The van der Waals surface area contributed by atoms with Crippen LogP contribution in [0.15, 0.2) is 0 Å². The van der Waals surface area contributed by atoms with Gasteiger partial charge in [0.2, 0.25) is 0 Å². The molecule has 2 atom stereocenters. The molecule has 1 saturated carbocycles. The van der Waals surface area contributed by atoms with Gasteiger partial charge in [0.1, 0.15) is 0 Å². The number of aromatic nitrogens is 3. The lowest BCUT2D eigenvalue weighted by molar-refractivity contribution is 0.0588. The Morgan fingerprint density at radius 2 is 2.20 bits per heavy atom. The average molecular weight is 281 g/mol. The van der Waals surface area contributed by atoms with E-state index in [1.54, 1.807) is 7.11 Å². The van der Waals surface area contributed by atoms with Gasteiger partial charge in [-0.1, -0.05) is 31.4 Å². The average Bonchev–Trinajstić information content (AvgIpc) is 2.90. The number of carbonyl (C=O) groups excluding carboxylic acids is 1. The highest BCUT2D eigenvalue weighted by Crippen LogP contribution is 2.34. The highest BCUT2D eigenvalue weighted by atomic mass is 16.5. The monoisotopic (exact) mass is 281 g/mol. The number of hydrogen-bond donors (Lipinski definition) is 0. The highest BCUT2D eigenvalue weighted by Gasteiger charge is 2.28. The predicted molar refractivity (Wildman–Crippen MR) is 73.4 cm³/mol. The van der Waals surface area contributed by atoms with Gasteiger partial charge in [0.05, 0.1) is 25.5 Å². The molecule has 6 nitrogen and oxygen atoms in total. The molecule has 6 heteroatoms. The quantitative estimate of drug-likeness (QED) is 0.775. The first-order valence-electron chi connectivity index (χ1n) is 7.22. The smallest absolute Gasteiger partial charge is 0.360 e. The summed E-state index contributed by atoms with van der Waals surface area (Å²) in [6.45, 7) is 2.55. The van der Waals surface area contributed by atoms with Crippen LogP contribution in [-0.4, -0.2) is 35.2 Å². The van der Waals surface area contributed by atoms with Gasteiger partial charge in [-0.2, -0.15) is 0 Å². The van der Waals surface area contributed by atoms with Crippen LogP contribution >= 0.6 is 0 Å². The maximum absolute atomic E-state index is 11.7. The first-order chi connectivity index (χ1) is 9.71. The Hall–Kier alpha value is -1.43. The zero-order valence-corrected chi connectivity index (χ0v) is 12.5. The minimum Gasteiger partial charge on any atom is -0.464 e. The van der Waals surface area contributed by atoms with Crippen LogP contribution in [-0.2, 0) is 16.1 Å². The molecule has 0 radical (unpaired) electrons. The summed E-state index contributed by atoms with van der Waals surface area (Å²) in [6.07, 6.45) is 5.84. The summed E-state index contributed by atoms with van der Waals surface area (Å²) >= 11 is 0. The molecule has 0 spiro atoms. The molecule has 0 bridgehead atoms. The van der Waals surface area contributed by atoms with E-state index in [1.165, 1.54) is 26.4 Å². The second-order valence-corrected chi connectivity index (χ2v) is 5.35. The fraction of sp³-hybridized carbons (Fsp3) is 0.786. The Labute approximate surface area is 119 Å². The van der Waals surface area contributed by atoms with E-state index >= 15 is 0 Å². The van der Waals surface area contributed by atoms with Gasteiger partial charge in [-0.3, -0.25) is 0 Å². The molecule has 1 heterocycles. The largest absolute Gasteiger partial charge is 0.464 e. The van der Waals surface area contributed by atoms with Crippen molar-refractivity contribution in [3.63, 3.8) is 0 Å². The van der Waals surface area contributed by atoms with E-state index in [4.69, 9.17) is 9.47 Å². The maximum Gasteiger partial charge on any atom is 0.360 e. The zero-order valence-electron chi connectivity index (χ0n) is 12.5. The second-order valence-electron chi connectivity index (χ2n) is 5.35. The van der Waals surface area contributed by atoms with Crippen LogP contribution in [0.4, 0.5) is 0 Å². The first-order valence-corrected chi connectivity index (χ1v) is 7.22. The third-order valence-electron chi connectivity index (χ3n) is 4.13. The van der Waals surface area contributed by atoms with Gasteiger partial charge in [0.15, 0.2) is 5.69 Å². The molecular weight excluding hydrogens is 258 g/mol. The molecule has 0 N–H and O–H groups in total. The van der Waals surface area contributed by atoms with Crippen LogP contribution in [0.5, 0.6) is 0 Å². The minimum atomic E-state index is -0.453. The van der Waals surface area contributed by atoms with E-state index in [-0.39, 0.29) is 5.69 Å². The van der Waals surface area contributed by atoms with Gasteiger partial charge in [-0.05, 0) is 18.8 Å². The summed E-state index contributed by atoms with van der Waals surface area (Å²) in [5, 5.41) is 8.17. The van der Waals surface area contributed by atoms with Crippen molar-refractivity contribution in [2.45, 2.75) is 51.7 Å². The molecule has 0 aliphatic heterocycles. The SMILES string of the molecule is CCC1CCCC(n2nnc(C(=O)OC)c2COC)C1. The van der Waals surface area contributed by atoms with E-state index in [0.717, 1.165) is 24.5 Å². The van der Waals surface area contributed by atoms with Crippen molar-refractivity contribution in [2.24, 2.45) is 5.92 Å². The molecule has 0 aromatic carbocycles. The fourth-order valence-corrected chi connectivity index (χ4v) is 2.99. The molecule has 0 saturated heterocycles. The van der Waals surface area contributed by atoms with E-state index < -0.39 is 5.97 Å². The zero-order chi connectivity index (χ0) is 14.5. The Kier molecular flexibility index (Phi) is 5.11. The van der Waals surface area contributed by atoms with Crippen molar-refractivity contribution >= 4 is 5.97 Å². The molecule has 20 heavy (non-hydrogen) atoms. The fourth-order valence-electron chi connectivity index (χ4n) is 2.99. The van der Waals surface area contributed by atoms with E-state index in [0.29, 0.717) is 12.6 Å². The van der Waals surface area contributed by atoms with Crippen molar-refractivity contribution in [3.05, 3.63) is 11.4 Å². The number of hydrogen-bond acceptors (Lipinski definition) is 5. The van der Waals surface area contributed by atoms with Crippen molar-refractivity contribution in [1.29, 1.82) is 0 Å². The van der Waals surface area contributed by atoms with Gasteiger partial charge in [0.25, 0.3) is 0 Å². The molecule has 1 aliphatic rings. The molecule has 1 aromatic heterocycles. The Balaban J connectivity index is 2.26. The number of nitrogens with zero attached hydrogens (tertiary/aromatic N) is 3. The predicted octanol–water partition coefficient (Wildman–Crippen LogP) is 2.35. The Bertz CT molecular complexity index is 459. The third kappa shape index (κ3) is 3.00. The normalized spacial score (nSPS) is 22.8. The standard InChI is InChI=1S/C14H23N3O3/c1-4-10-6-5-7-11(8-10)17-12(9-19-2)13(15-16-17)14(18)20-3/h10-11H,4-9H2,1-3H3. The van der Waals surface area contributed by atoms with Gasteiger partial charge in [-0.25, -0.2) is 9.48 Å². The van der Waals surface area contributed by atoms with Crippen molar-refractivity contribution in [2.75, 3.05) is 14.2 Å². The lowest BCUT2D eigenvalue weighted by atomic mass is 9.84. The minimum absolute atomic E-state index is 0.271. The number of rotatable bonds is 5. The van der Waals surface area contributed by atoms with Crippen molar-refractivity contribution in [1.82, 2.24) is 15.0 Å². The molecule has 1 fully saturated rings. The first kappa shape index (κ1) is 15.0. The summed E-state index contributed by atoms with van der Waals surface area (Å²) in [4.78, 5) is 11.7. The topological polar surface area (TPSA) is 66.2 Å². The lowest BCUT2D eigenvalue weighted by Crippen LogP contribution is -2.22. The third-order valence-corrected chi connectivity index (χ3v) is 4.13. The van der Waals surface area contributed by atoms with Crippen LogP contribution in [0.1, 0.15) is 61.3 Å². The van der Waals surface area contributed by atoms with Crippen LogP contribution in [0.3, 0.4) is 0 Å². The van der Waals surface area contributed by atoms with E-state index in [9.17, 15) is 4.79 Å². The van der Waals surface area contributed by atoms with Gasteiger partial charge in [0, 0.05) is 7.11 Å². The van der Waals surface area contributed by atoms with Gasteiger partial charge in [-0.15, -0.1) is 5.10 Å². The van der Waals surface area contributed by atoms with Gasteiger partial charge < -0.3 is 9.47 Å². The second kappa shape index (κ2) is 6.83. The highest BCUT2D eigenvalue weighted by molar-refractivity contribution is 5.88. The molecular formula is C14H23N3O3. The molecule has 112 valence electrons. The molecule has 1 aromatic rings. The summed E-state index contributed by atoms with van der Waals surface area (Å²) in [5.74, 6) is 0.279. The van der Waals surface area contributed by atoms with E-state index in [1.807, 2.05) is 4.68 Å². The van der Waals surface area contributed by atoms with Crippen molar-refractivity contribution in [3.8, 4) is 0 Å². The number of esters is 1. The molecule has 0 amide bonds. The number of carbonyl (C=O) groups is 1. The van der Waals surface area contributed by atoms with Crippen LogP contribution < -0.4 is 0 Å². The number of ether oxygens (including phenoxy) is 2. The summed E-state index contributed by atoms with van der Waals surface area (Å²) < 4.78 is 11.8. The maximum atomic E-state index is 11.7. The molecule has 1 aliphatic carbocycles. The number of methoxy groups -OCH3 is 2. The summed E-state index contributed by atoms with van der Waals surface area (Å²) in [6, 6.07) is 0.310. The Morgan fingerprint density at radius 3 is 2.85 bits per heavy atom.